The summed E-state index contributed by atoms with van der Waals surface area (Å²) in [4.78, 5) is 23.0. The molecule has 1 fully saturated rings. The minimum absolute atomic E-state index is 0.209. The van der Waals surface area contributed by atoms with E-state index < -0.39 is 17.4 Å². The van der Waals surface area contributed by atoms with E-state index in [1.165, 1.54) is 0 Å². The number of carboxylic acids is 1. The minimum Gasteiger partial charge on any atom is -0.481 e. The van der Waals surface area contributed by atoms with Gasteiger partial charge in [-0.2, -0.15) is 0 Å². The summed E-state index contributed by atoms with van der Waals surface area (Å²) in [5.74, 6) is -0.988. The van der Waals surface area contributed by atoms with Gasteiger partial charge in [-0.15, -0.1) is 0 Å². The molecule has 0 bridgehead atoms. The Bertz CT molecular complexity index is 506. The van der Waals surface area contributed by atoms with E-state index in [4.69, 9.17) is 5.73 Å². The summed E-state index contributed by atoms with van der Waals surface area (Å²) >= 11 is 0. The molecule has 1 amide bonds. The lowest BCUT2D eigenvalue weighted by atomic mass is 9.96. The summed E-state index contributed by atoms with van der Waals surface area (Å²) in [6, 6.07) is 6.49. The van der Waals surface area contributed by atoms with Gasteiger partial charge < -0.3 is 16.2 Å². The van der Waals surface area contributed by atoms with Gasteiger partial charge in [0.2, 0.25) is 5.91 Å². The molecule has 108 valence electrons. The van der Waals surface area contributed by atoms with Gasteiger partial charge in [0.25, 0.3) is 0 Å². The van der Waals surface area contributed by atoms with Gasteiger partial charge in [0, 0.05) is 5.69 Å². The molecule has 4 N–H and O–H groups in total. The van der Waals surface area contributed by atoms with Crippen molar-refractivity contribution in [2.24, 2.45) is 5.73 Å². The first-order valence-corrected chi connectivity index (χ1v) is 6.90. The molecule has 1 aromatic carbocycles. The van der Waals surface area contributed by atoms with E-state index in [0.717, 1.165) is 12.0 Å². The Morgan fingerprint density at radius 2 is 1.95 bits per heavy atom. The van der Waals surface area contributed by atoms with Gasteiger partial charge in [0.05, 0.1) is 11.5 Å². The maximum Gasteiger partial charge on any atom is 0.314 e. The standard InChI is InChI=1S/C15H20N2O3/c1-2-3-12(16)13(18)17-11-6-4-10(5-7-11)15(8-9-15)14(19)20/h4-7,12H,2-3,8-9,16H2,1H3,(H,17,18)(H,19,20). The molecule has 5 heteroatoms. The van der Waals surface area contributed by atoms with Gasteiger partial charge in [0.15, 0.2) is 0 Å². The van der Waals surface area contributed by atoms with Crippen LogP contribution in [0.5, 0.6) is 0 Å². The van der Waals surface area contributed by atoms with E-state index in [2.05, 4.69) is 5.32 Å². The molecule has 0 saturated heterocycles. The van der Waals surface area contributed by atoms with Crippen LogP contribution in [-0.2, 0) is 15.0 Å². The van der Waals surface area contributed by atoms with Crippen molar-refractivity contribution < 1.29 is 14.7 Å². The average Bonchev–Trinajstić information content (AvgIpc) is 3.21. The van der Waals surface area contributed by atoms with Gasteiger partial charge in [0.1, 0.15) is 0 Å². The van der Waals surface area contributed by atoms with Crippen LogP contribution >= 0.6 is 0 Å². The quantitative estimate of drug-likeness (QED) is 0.739. The number of nitrogens with two attached hydrogens (primary N) is 1. The minimum atomic E-state index is -0.778. The zero-order chi connectivity index (χ0) is 14.8. The predicted molar refractivity (Wildman–Crippen MR) is 76.5 cm³/mol. The molecular weight excluding hydrogens is 256 g/mol. The number of rotatable bonds is 6. The third-order valence-corrected chi connectivity index (χ3v) is 3.80. The second-order valence-electron chi connectivity index (χ2n) is 5.35. The Balaban J connectivity index is 2.02. The maximum absolute atomic E-state index is 11.8. The molecule has 0 heterocycles. The molecule has 1 aliphatic rings. The fraction of sp³-hybridized carbons (Fsp3) is 0.467. The van der Waals surface area contributed by atoms with Crippen molar-refractivity contribution in [3.63, 3.8) is 0 Å². The first kappa shape index (κ1) is 14.5. The Labute approximate surface area is 118 Å². The van der Waals surface area contributed by atoms with Gasteiger partial charge in [-0.05, 0) is 37.0 Å². The molecule has 20 heavy (non-hydrogen) atoms. The largest absolute Gasteiger partial charge is 0.481 e. The number of nitrogens with one attached hydrogen (secondary N) is 1. The van der Waals surface area contributed by atoms with E-state index in [0.29, 0.717) is 24.9 Å². The molecule has 1 atom stereocenters. The van der Waals surface area contributed by atoms with E-state index in [1.54, 1.807) is 24.3 Å². The van der Waals surface area contributed by atoms with E-state index in [9.17, 15) is 14.7 Å². The summed E-state index contributed by atoms with van der Waals surface area (Å²) in [5.41, 5.74) is 6.46. The van der Waals surface area contributed by atoms with Crippen LogP contribution in [0, 0.1) is 0 Å². The smallest absolute Gasteiger partial charge is 0.314 e. The van der Waals surface area contributed by atoms with Gasteiger partial charge >= 0.3 is 5.97 Å². The Morgan fingerprint density at radius 3 is 2.40 bits per heavy atom. The van der Waals surface area contributed by atoms with Crippen molar-refractivity contribution in [2.45, 2.75) is 44.1 Å². The number of aliphatic carboxylic acids is 1. The molecule has 5 nitrogen and oxygen atoms in total. The molecule has 0 aliphatic heterocycles. The van der Waals surface area contributed by atoms with E-state index in [-0.39, 0.29) is 5.91 Å². The van der Waals surface area contributed by atoms with E-state index in [1.807, 2.05) is 6.92 Å². The highest BCUT2D eigenvalue weighted by atomic mass is 16.4. The van der Waals surface area contributed by atoms with Crippen molar-refractivity contribution in [3.05, 3.63) is 29.8 Å². The number of carbonyl (C=O) groups excluding carboxylic acids is 1. The van der Waals surface area contributed by atoms with Crippen LogP contribution in [0.3, 0.4) is 0 Å². The lowest BCUT2D eigenvalue weighted by molar-refractivity contribution is -0.140. The second kappa shape index (κ2) is 5.63. The molecule has 0 radical (unpaired) electrons. The topological polar surface area (TPSA) is 92.4 Å². The first-order valence-electron chi connectivity index (χ1n) is 6.90. The fourth-order valence-electron chi connectivity index (χ4n) is 2.30. The lowest BCUT2D eigenvalue weighted by Gasteiger charge is -2.13. The normalized spacial score (nSPS) is 17.3. The summed E-state index contributed by atoms with van der Waals surface area (Å²) in [6.07, 6.45) is 2.85. The van der Waals surface area contributed by atoms with Crippen LogP contribution in [-0.4, -0.2) is 23.0 Å². The number of carboxylic acid groups (broad SMARTS) is 1. The highest BCUT2D eigenvalue weighted by Gasteiger charge is 2.51. The monoisotopic (exact) mass is 276 g/mol. The van der Waals surface area contributed by atoms with Gasteiger partial charge in [-0.3, -0.25) is 9.59 Å². The highest BCUT2D eigenvalue weighted by molar-refractivity contribution is 5.94. The fourth-order valence-corrected chi connectivity index (χ4v) is 2.30. The van der Waals surface area contributed by atoms with E-state index >= 15 is 0 Å². The zero-order valence-corrected chi connectivity index (χ0v) is 11.6. The molecule has 1 aliphatic carbocycles. The molecule has 2 rings (SSSR count). The number of benzene rings is 1. The van der Waals surface area contributed by atoms with Crippen LogP contribution in [0.25, 0.3) is 0 Å². The molecular formula is C15H20N2O3. The Morgan fingerprint density at radius 1 is 1.35 bits per heavy atom. The predicted octanol–water partition coefficient (Wildman–Crippen LogP) is 1.87. The maximum atomic E-state index is 11.8. The molecule has 0 spiro atoms. The molecule has 1 unspecified atom stereocenters. The molecule has 0 aromatic heterocycles. The average molecular weight is 276 g/mol. The zero-order valence-electron chi connectivity index (χ0n) is 11.6. The number of hydrogen-bond donors (Lipinski definition) is 3. The third kappa shape index (κ3) is 2.82. The van der Waals surface area contributed by atoms with Crippen LogP contribution < -0.4 is 11.1 Å². The SMILES string of the molecule is CCCC(N)C(=O)Nc1ccc(C2(C(=O)O)CC2)cc1. The summed E-state index contributed by atoms with van der Waals surface area (Å²) < 4.78 is 0. The Kier molecular flexibility index (Phi) is 4.09. The van der Waals surface area contributed by atoms with Crippen LogP contribution in [0.15, 0.2) is 24.3 Å². The van der Waals surface area contributed by atoms with Crippen molar-refractivity contribution in [1.29, 1.82) is 0 Å². The van der Waals surface area contributed by atoms with Crippen LogP contribution in [0.4, 0.5) is 5.69 Å². The number of carbonyl (C=O) groups is 2. The van der Waals surface area contributed by atoms with Crippen LogP contribution in [0.2, 0.25) is 0 Å². The van der Waals surface area contributed by atoms with Crippen molar-refractivity contribution in [2.75, 3.05) is 5.32 Å². The van der Waals surface area contributed by atoms with Crippen molar-refractivity contribution in [3.8, 4) is 0 Å². The van der Waals surface area contributed by atoms with Crippen molar-refractivity contribution in [1.82, 2.24) is 0 Å². The second-order valence-corrected chi connectivity index (χ2v) is 5.35. The summed E-state index contributed by atoms with van der Waals surface area (Å²) in [7, 11) is 0. The number of amides is 1. The first-order chi connectivity index (χ1) is 9.49. The number of anilines is 1. The molecule has 1 saturated carbocycles. The van der Waals surface area contributed by atoms with Crippen molar-refractivity contribution >= 4 is 17.6 Å². The molecule has 1 aromatic rings. The Hall–Kier alpha value is -1.88. The lowest BCUT2D eigenvalue weighted by Crippen LogP contribution is -2.35. The van der Waals surface area contributed by atoms with Crippen LogP contribution in [0.1, 0.15) is 38.2 Å². The summed E-state index contributed by atoms with van der Waals surface area (Å²) in [5, 5.41) is 12.0. The number of hydrogen-bond acceptors (Lipinski definition) is 3. The summed E-state index contributed by atoms with van der Waals surface area (Å²) in [6.45, 7) is 1.98. The highest BCUT2D eigenvalue weighted by Crippen LogP contribution is 2.48. The van der Waals surface area contributed by atoms with Gasteiger partial charge in [-0.1, -0.05) is 25.5 Å². The third-order valence-electron chi connectivity index (χ3n) is 3.80. The van der Waals surface area contributed by atoms with Gasteiger partial charge in [-0.25, -0.2) is 0 Å².